The van der Waals surface area contributed by atoms with E-state index in [2.05, 4.69) is 115 Å². The molecule has 0 aromatic carbocycles. The van der Waals surface area contributed by atoms with Gasteiger partial charge in [0.1, 0.15) is 0 Å². The summed E-state index contributed by atoms with van der Waals surface area (Å²) in [6.07, 6.45) is 34.3. The first-order valence-electron chi connectivity index (χ1n) is 25.8. The molecule has 0 nitrogen and oxygen atoms in total. The quantitative estimate of drug-likeness (QED) is 0.0361. The fourth-order valence-corrected chi connectivity index (χ4v) is 43.1. The summed E-state index contributed by atoms with van der Waals surface area (Å²) in [6.45, 7) is 9.51. The maximum atomic E-state index is 2.92. The Balaban J connectivity index is 1.51. The molecule has 0 radical (unpaired) electrons. The van der Waals surface area contributed by atoms with Crippen LogP contribution in [0, 0.1) is 0 Å². The van der Waals surface area contributed by atoms with Gasteiger partial charge in [-0.05, 0) is 0 Å². The number of hydrogen-bond donors (Lipinski definition) is 0. The summed E-state index contributed by atoms with van der Waals surface area (Å²) >= 11 is 4.90. The van der Waals surface area contributed by atoms with Crippen LogP contribution in [0.1, 0.15) is 182 Å². The zero-order chi connectivity index (χ0) is 43.0. The third-order valence-electron chi connectivity index (χ3n) is 14.7. The van der Waals surface area contributed by atoms with Crippen LogP contribution in [0.5, 0.6) is 0 Å². The van der Waals surface area contributed by atoms with E-state index in [4.69, 9.17) is 0 Å². The molecule has 8 heteroatoms. The summed E-state index contributed by atoms with van der Waals surface area (Å²) in [4.78, 5) is 23.4. The molecule has 6 rings (SSSR count). The molecule has 0 fully saturated rings. The van der Waals surface area contributed by atoms with E-state index in [1.807, 2.05) is 55.4 Å². The third kappa shape index (κ3) is 11.3. The Bertz CT molecular complexity index is 1760. The second-order valence-corrected chi connectivity index (χ2v) is 65.1. The van der Waals surface area contributed by atoms with Crippen molar-refractivity contribution < 1.29 is 0 Å². The monoisotopic (exact) mass is 1140 g/mol. The Labute approximate surface area is 397 Å². The topological polar surface area (TPSA) is 0 Å². The van der Waals surface area contributed by atoms with E-state index in [0.29, 0.717) is 0 Å². The van der Waals surface area contributed by atoms with Gasteiger partial charge in [0.05, 0.1) is 0 Å². The number of rotatable bonds is 30. The summed E-state index contributed by atoms with van der Waals surface area (Å²) in [5, 5.41) is 7.93. The SMILES string of the molecule is CCCCCCCC[Si]1(CCCCCCCC)c2c[c]([Sn]([CH3])([CH3])[CH3])sc2-c2sc3c4c(sc3c21)-c1s[c]([Sn]([CH3])([CH3])[CH3])cc1[Si]4(CCCCCCCC)CCCCCCCC. The van der Waals surface area contributed by atoms with Gasteiger partial charge in [0, 0.05) is 0 Å². The van der Waals surface area contributed by atoms with Crippen LogP contribution >= 0.6 is 45.3 Å². The third-order valence-corrected chi connectivity index (χ3v) is 50.4. The van der Waals surface area contributed by atoms with Crippen molar-refractivity contribution in [1.82, 2.24) is 0 Å². The van der Waals surface area contributed by atoms with E-state index < -0.39 is 52.9 Å². The Morgan fingerprint density at radius 3 is 0.883 bits per heavy atom. The van der Waals surface area contributed by atoms with Crippen molar-refractivity contribution in [1.29, 1.82) is 0 Å². The summed E-state index contributed by atoms with van der Waals surface area (Å²) in [7, 11) is -3.87. The van der Waals surface area contributed by atoms with Gasteiger partial charge in [0.2, 0.25) is 0 Å². The molecular weight excluding hydrogens is 1050 g/mol. The minimum absolute atomic E-state index is 1.35. The van der Waals surface area contributed by atoms with Crippen molar-refractivity contribution in [2.24, 2.45) is 0 Å². The van der Waals surface area contributed by atoms with Gasteiger partial charge in [-0.15, -0.1) is 0 Å². The zero-order valence-electron chi connectivity index (χ0n) is 40.6. The molecule has 336 valence electrons. The van der Waals surface area contributed by atoms with Gasteiger partial charge < -0.3 is 0 Å². The molecule has 0 aliphatic carbocycles. The van der Waals surface area contributed by atoms with E-state index >= 15 is 0 Å². The van der Waals surface area contributed by atoms with Crippen molar-refractivity contribution in [3.05, 3.63) is 12.1 Å². The molecule has 6 heterocycles. The minimum atomic E-state index is -2.27. The predicted molar refractivity (Wildman–Crippen MR) is 295 cm³/mol. The number of hydrogen-bond acceptors (Lipinski definition) is 4. The summed E-state index contributed by atoms with van der Waals surface area (Å²) in [6, 6.07) is 11.9. The predicted octanol–water partition coefficient (Wildman–Crippen LogP) is 16.7. The van der Waals surface area contributed by atoms with Gasteiger partial charge in [-0.1, -0.05) is 0 Å². The average molecular weight is 1140 g/mol. The Hall–Kier alpha value is 1.09. The molecule has 60 heavy (non-hydrogen) atoms. The summed E-state index contributed by atoms with van der Waals surface area (Å²) in [5.74, 6) is 0. The normalized spacial score (nSPS) is 15.3. The molecule has 4 aromatic heterocycles. The van der Waals surface area contributed by atoms with E-state index in [9.17, 15) is 0 Å². The first-order valence-corrected chi connectivity index (χ1v) is 53.9. The average Bonchev–Trinajstić information content (AvgIpc) is 4.04. The van der Waals surface area contributed by atoms with Crippen LogP contribution in [0.15, 0.2) is 12.1 Å². The molecule has 4 aromatic rings. The van der Waals surface area contributed by atoms with Gasteiger partial charge in [-0.25, -0.2) is 0 Å². The van der Waals surface area contributed by atoms with Crippen LogP contribution in [0.4, 0.5) is 0 Å². The van der Waals surface area contributed by atoms with Crippen LogP contribution in [0.3, 0.4) is 0 Å². The number of thiophene rings is 4. The van der Waals surface area contributed by atoms with E-state index in [1.165, 1.54) is 178 Å². The van der Waals surface area contributed by atoms with Crippen LogP contribution < -0.4 is 26.5 Å². The van der Waals surface area contributed by atoms with Crippen molar-refractivity contribution in [2.75, 3.05) is 0 Å². The van der Waals surface area contributed by atoms with Crippen LogP contribution in [-0.2, 0) is 0 Å². The molecule has 0 N–H and O–H groups in total. The van der Waals surface area contributed by atoms with Crippen LogP contribution in [0.2, 0.25) is 53.8 Å². The molecule has 0 amide bonds. The van der Waals surface area contributed by atoms with Crippen molar-refractivity contribution in [3.63, 3.8) is 0 Å². The summed E-state index contributed by atoms with van der Waals surface area (Å²) < 4.78 is 7.44. The van der Waals surface area contributed by atoms with Crippen LogP contribution in [-0.4, -0.2) is 52.9 Å². The number of unbranched alkanes of at least 4 members (excludes halogenated alkanes) is 20. The van der Waals surface area contributed by atoms with Crippen molar-refractivity contribution >= 4 is 134 Å². The van der Waals surface area contributed by atoms with Crippen molar-refractivity contribution in [2.45, 2.75) is 236 Å². The second-order valence-electron chi connectivity index (χ2n) is 21.7. The Kier molecular flexibility index (Phi) is 19.5. The number of fused-ring (bicyclic) bond motifs is 9. The molecule has 2 aliphatic heterocycles. The van der Waals surface area contributed by atoms with Gasteiger partial charge in [-0.2, -0.15) is 0 Å². The molecule has 0 atom stereocenters. The zero-order valence-corrected chi connectivity index (χ0v) is 51.6. The fourth-order valence-electron chi connectivity index (χ4n) is 11.1. The molecule has 0 unspecified atom stereocenters. The van der Waals surface area contributed by atoms with Gasteiger partial charge in [-0.3, -0.25) is 0 Å². The molecule has 0 saturated heterocycles. The van der Waals surface area contributed by atoms with E-state index in [1.54, 1.807) is 0 Å². The Morgan fingerprint density at radius 2 is 0.617 bits per heavy atom. The first-order chi connectivity index (χ1) is 28.9. The standard InChI is InChI=1S/C46H70S4Si2.6CH3.2Sn/c1-5-9-13-17-21-25-33-51(34-26-22-18-14-10-6-2)37-29-31-47-39(37)41-45(51)43-44(49-41)46-42(50-43)40-38(30-32-48-40)52(46,35-27-23-19-15-11-7-3)36-28-24-20-16-12-8-4;;;;;;;;/h29-30H,5-28,33-36H2,1-4H3;6*1H3;;. The van der Waals surface area contributed by atoms with Gasteiger partial charge >= 0.3 is 401 Å². The first kappa shape index (κ1) is 50.5. The Morgan fingerprint density at radius 1 is 0.350 bits per heavy atom. The molecule has 0 bridgehead atoms. The molecular formula is C52H88S4Si2Sn2. The van der Waals surface area contributed by atoms with Gasteiger partial charge in [0.15, 0.2) is 0 Å². The summed E-state index contributed by atoms with van der Waals surface area (Å²) in [5.41, 5.74) is 0. The van der Waals surface area contributed by atoms with Crippen LogP contribution in [0.25, 0.3) is 28.9 Å². The molecule has 0 spiro atoms. The van der Waals surface area contributed by atoms with E-state index in [-0.39, 0.29) is 0 Å². The molecule has 0 saturated carbocycles. The molecule has 2 aliphatic rings. The van der Waals surface area contributed by atoms with E-state index in [0.717, 1.165) is 0 Å². The van der Waals surface area contributed by atoms with Gasteiger partial charge in [0.25, 0.3) is 0 Å². The second kappa shape index (κ2) is 23.2. The maximum absolute atomic E-state index is 2.92. The fraction of sp³-hybridized carbons (Fsp3) is 0.731. The van der Waals surface area contributed by atoms with Crippen molar-refractivity contribution in [3.8, 4) is 19.5 Å².